The number of urea groups is 1. The Morgan fingerprint density at radius 2 is 1.74 bits per heavy atom. The Bertz CT molecular complexity index is 450. The molecule has 3 aliphatic rings. The summed E-state index contributed by atoms with van der Waals surface area (Å²) in [6, 6.07) is 0.201. The monoisotopic (exact) mass is 323 g/mol. The van der Waals surface area contributed by atoms with Crippen molar-refractivity contribution in [3.63, 3.8) is 0 Å². The van der Waals surface area contributed by atoms with Gasteiger partial charge in [0, 0.05) is 51.8 Å². The molecule has 3 fully saturated rings. The molecule has 0 aromatic rings. The quantitative estimate of drug-likeness (QED) is 0.794. The summed E-state index contributed by atoms with van der Waals surface area (Å²) in [7, 11) is 1.68. The molecule has 3 heterocycles. The van der Waals surface area contributed by atoms with E-state index >= 15 is 0 Å². The highest BCUT2D eigenvalue weighted by Gasteiger charge is 2.45. The van der Waals surface area contributed by atoms with Gasteiger partial charge in [-0.3, -0.25) is 4.79 Å². The van der Waals surface area contributed by atoms with Gasteiger partial charge in [0.05, 0.1) is 6.61 Å². The van der Waals surface area contributed by atoms with Crippen molar-refractivity contribution in [1.82, 2.24) is 14.7 Å². The summed E-state index contributed by atoms with van der Waals surface area (Å²) in [5.41, 5.74) is -0.0460. The van der Waals surface area contributed by atoms with Gasteiger partial charge in [0.1, 0.15) is 0 Å². The molecule has 6 heteroatoms. The van der Waals surface area contributed by atoms with Crippen LogP contribution in [0, 0.1) is 0 Å². The molecule has 130 valence electrons. The summed E-state index contributed by atoms with van der Waals surface area (Å²) in [4.78, 5) is 30.9. The molecule has 3 saturated heterocycles. The van der Waals surface area contributed by atoms with Crippen molar-refractivity contribution in [2.45, 2.75) is 50.5 Å². The number of amides is 3. The zero-order valence-corrected chi connectivity index (χ0v) is 14.3. The van der Waals surface area contributed by atoms with Crippen LogP contribution in [0.4, 0.5) is 4.79 Å². The number of hydrogen-bond acceptors (Lipinski definition) is 3. The van der Waals surface area contributed by atoms with Crippen molar-refractivity contribution in [2.24, 2.45) is 0 Å². The van der Waals surface area contributed by atoms with Crippen molar-refractivity contribution >= 4 is 11.9 Å². The second kappa shape index (κ2) is 7.07. The molecule has 0 bridgehead atoms. The van der Waals surface area contributed by atoms with Crippen LogP contribution in [0.2, 0.25) is 0 Å². The number of nitrogens with zero attached hydrogens (tertiary/aromatic N) is 3. The van der Waals surface area contributed by atoms with Gasteiger partial charge >= 0.3 is 6.03 Å². The maximum atomic E-state index is 12.6. The first-order chi connectivity index (χ1) is 11.2. The predicted octanol–water partition coefficient (Wildman–Crippen LogP) is 1.70. The molecule has 0 N–H and O–H groups in total. The molecule has 0 aromatic carbocycles. The molecule has 6 nitrogen and oxygen atoms in total. The van der Waals surface area contributed by atoms with E-state index in [0.717, 1.165) is 64.7 Å². The van der Waals surface area contributed by atoms with Gasteiger partial charge in [-0.25, -0.2) is 4.79 Å². The van der Waals surface area contributed by atoms with Crippen molar-refractivity contribution < 1.29 is 14.3 Å². The Balaban J connectivity index is 1.64. The number of rotatable bonds is 3. The second-order valence-electron chi connectivity index (χ2n) is 7.08. The summed E-state index contributed by atoms with van der Waals surface area (Å²) in [5, 5.41) is 0. The summed E-state index contributed by atoms with van der Waals surface area (Å²) in [6.07, 6.45) is 6.72. The lowest BCUT2D eigenvalue weighted by Gasteiger charge is -2.38. The van der Waals surface area contributed by atoms with E-state index in [9.17, 15) is 9.59 Å². The molecule has 0 unspecified atom stereocenters. The van der Waals surface area contributed by atoms with Crippen LogP contribution in [0.1, 0.15) is 44.9 Å². The van der Waals surface area contributed by atoms with E-state index in [0.29, 0.717) is 19.6 Å². The fraction of sp³-hybridized carbons (Fsp3) is 0.882. The van der Waals surface area contributed by atoms with E-state index in [2.05, 4.69) is 0 Å². The molecule has 0 radical (unpaired) electrons. The van der Waals surface area contributed by atoms with Gasteiger partial charge in [-0.05, 0) is 38.5 Å². The molecule has 1 spiro atoms. The molecule has 0 saturated carbocycles. The van der Waals surface area contributed by atoms with Crippen molar-refractivity contribution in [1.29, 1.82) is 0 Å². The van der Waals surface area contributed by atoms with Gasteiger partial charge in [-0.1, -0.05) is 0 Å². The first kappa shape index (κ1) is 16.6. The number of ether oxygens (including phenoxy) is 1. The molecule has 23 heavy (non-hydrogen) atoms. The third kappa shape index (κ3) is 3.32. The van der Waals surface area contributed by atoms with Gasteiger partial charge in [0.25, 0.3) is 0 Å². The zero-order valence-electron chi connectivity index (χ0n) is 14.3. The number of carbonyl (C=O) groups excluding carboxylic acids is 2. The van der Waals surface area contributed by atoms with E-state index in [4.69, 9.17) is 4.74 Å². The highest BCUT2D eigenvalue weighted by molar-refractivity contribution is 5.80. The number of carbonyl (C=O) groups is 2. The van der Waals surface area contributed by atoms with Gasteiger partial charge < -0.3 is 19.4 Å². The maximum absolute atomic E-state index is 12.6. The van der Waals surface area contributed by atoms with E-state index in [-0.39, 0.29) is 17.5 Å². The zero-order chi connectivity index (χ0) is 16.3. The van der Waals surface area contributed by atoms with Crippen LogP contribution in [0.15, 0.2) is 0 Å². The topological polar surface area (TPSA) is 53.1 Å². The van der Waals surface area contributed by atoms with Crippen LogP contribution in [0.5, 0.6) is 0 Å². The molecule has 1 atom stereocenters. The van der Waals surface area contributed by atoms with Crippen LogP contribution in [0.25, 0.3) is 0 Å². The molecule has 3 amide bonds. The van der Waals surface area contributed by atoms with E-state index in [1.807, 2.05) is 14.7 Å². The average Bonchev–Trinajstić information content (AvgIpc) is 3.12. The van der Waals surface area contributed by atoms with Gasteiger partial charge in [0.2, 0.25) is 5.91 Å². The SMILES string of the molecule is COCCN1C(=O)CC[C@@]12CCCN(C(=O)N1CCCC1)CC2. The third-order valence-corrected chi connectivity index (χ3v) is 5.76. The van der Waals surface area contributed by atoms with Crippen LogP contribution < -0.4 is 0 Å². The Kier molecular flexibility index (Phi) is 5.09. The summed E-state index contributed by atoms with van der Waals surface area (Å²) >= 11 is 0. The van der Waals surface area contributed by atoms with Gasteiger partial charge in [-0.2, -0.15) is 0 Å². The lowest BCUT2D eigenvalue weighted by molar-refractivity contribution is -0.132. The third-order valence-electron chi connectivity index (χ3n) is 5.76. The fourth-order valence-corrected chi connectivity index (χ4v) is 4.42. The Labute approximate surface area is 138 Å². The Hall–Kier alpha value is -1.30. The smallest absolute Gasteiger partial charge is 0.319 e. The second-order valence-corrected chi connectivity index (χ2v) is 7.08. The minimum atomic E-state index is -0.0460. The first-order valence-electron chi connectivity index (χ1n) is 8.99. The normalized spacial score (nSPS) is 28.7. The Morgan fingerprint density at radius 3 is 2.48 bits per heavy atom. The van der Waals surface area contributed by atoms with Crippen molar-refractivity contribution in [3.05, 3.63) is 0 Å². The van der Waals surface area contributed by atoms with Gasteiger partial charge in [-0.15, -0.1) is 0 Å². The minimum absolute atomic E-state index is 0.0460. The maximum Gasteiger partial charge on any atom is 0.319 e. The van der Waals surface area contributed by atoms with Crippen LogP contribution in [-0.2, 0) is 9.53 Å². The number of hydrogen-bond donors (Lipinski definition) is 0. The largest absolute Gasteiger partial charge is 0.383 e. The summed E-state index contributed by atoms with van der Waals surface area (Å²) < 4.78 is 5.18. The molecular formula is C17H29N3O3. The summed E-state index contributed by atoms with van der Waals surface area (Å²) in [6.45, 7) is 4.66. The van der Waals surface area contributed by atoms with E-state index in [1.54, 1.807) is 7.11 Å². The highest BCUT2D eigenvalue weighted by Crippen LogP contribution is 2.39. The lowest BCUT2D eigenvalue weighted by Crippen LogP contribution is -2.48. The van der Waals surface area contributed by atoms with E-state index in [1.165, 1.54) is 0 Å². The predicted molar refractivity (Wildman–Crippen MR) is 87.2 cm³/mol. The van der Waals surface area contributed by atoms with Crippen LogP contribution in [-0.4, -0.2) is 78.6 Å². The molecular weight excluding hydrogens is 294 g/mol. The molecule has 0 aliphatic carbocycles. The molecule has 3 aliphatic heterocycles. The van der Waals surface area contributed by atoms with Crippen LogP contribution in [0.3, 0.4) is 0 Å². The summed E-state index contributed by atoms with van der Waals surface area (Å²) in [5.74, 6) is 0.251. The van der Waals surface area contributed by atoms with E-state index < -0.39 is 0 Å². The standard InChI is InChI=1S/C17H29N3O3/c1-23-14-13-20-15(21)5-7-17(20)6-4-11-19(12-8-17)16(22)18-9-2-3-10-18/h2-14H2,1H3/t17-/m1/s1. The highest BCUT2D eigenvalue weighted by atomic mass is 16.5. The number of likely N-dealkylation sites (tertiary alicyclic amines) is 3. The molecule has 0 aromatic heterocycles. The average molecular weight is 323 g/mol. The molecule has 3 rings (SSSR count). The lowest BCUT2D eigenvalue weighted by atomic mass is 9.88. The number of methoxy groups -OCH3 is 1. The van der Waals surface area contributed by atoms with Crippen molar-refractivity contribution in [2.75, 3.05) is 46.4 Å². The van der Waals surface area contributed by atoms with Crippen molar-refractivity contribution in [3.8, 4) is 0 Å². The first-order valence-corrected chi connectivity index (χ1v) is 8.99. The Morgan fingerprint density at radius 1 is 1.04 bits per heavy atom. The minimum Gasteiger partial charge on any atom is -0.383 e. The van der Waals surface area contributed by atoms with Gasteiger partial charge in [0.15, 0.2) is 0 Å². The van der Waals surface area contributed by atoms with Crippen LogP contribution >= 0.6 is 0 Å². The fourth-order valence-electron chi connectivity index (χ4n) is 4.42.